The highest BCUT2D eigenvalue weighted by molar-refractivity contribution is 5.85. The molecular weight excluding hydrogens is 242 g/mol. The van der Waals surface area contributed by atoms with Crippen LogP contribution in [0.3, 0.4) is 0 Å². The van der Waals surface area contributed by atoms with Crippen LogP contribution in [0.4, 0.5) is 0 Å². The molecule has 0 bridgehead atoms. The van der Waals surface area contributed by atoms with E-state index in [9.17, 15) is 9.90 Å². The molecule has 1 heterocycles. The van der Waals surface area contributed by atoms with Crippen molar-refractivity contribution in [1.29, 1.82) is 0 Å². The number of rotatable bonds is 5. The number of carbonyl (C=O) groups excluding carboxylic acids is 1. The van der Waals surface area contributed by atoms with Crippen LogP contribution in [0.25, 0.3) is 0 Å². The second-order valence-electron chi connectivity index (χ2n) is 6.43. The van der Waals surface area contributed by atoms with E-state index >= 15 is 0 Å². The largest absolute Gasteiger partial charge is 0.389 e. The number of hydrogen-bond donors (Lipinski definition) is 2. The molecular formula is C14H29N3O2. The second-order valence-corrected chi connectivity index (χ2v) is 6.43. The van der Waals surface area contributed by atoms with Gasteiger partial charge in [-0.05, 0) is 34.6 Å². The maximum Gasteiger partial charge on any atom is 0.242 e. The summed E-state index contributed by atoms with van der Waals surface area (Å²) in [7, 11) is 0. The lowest BCUT2D eigenvalue weighted by Crippen LogP contribution is -2.61. The van der Waals surface area contributed by atoms with Gasteiger partial charge in [-0.1, -0.05) is 0 Å². The van der Waals surface area contributed by atoms with Crippen LogP contribution in [-0.2, 0) is 4.79 Å². The highest BCUT2D eigenvalue weighted by Gasteiger charge is 2.38. The number of likely N-dealkylation sites (N-methyl/N-ethyl adjacent to an activating group) is 1. The summed E-state index contributed by atoms with van der Waals surface area (Å²) in [6.07, 6.45) is 0. The first kappa shape index (κ1) is 16.4. The Kier molecular flexibility index (Phi) is 5.35. The van der Waals surface area contributed by atoms with Gasteiger partial charge < -0.3 is 15.3 Å². The second kappa shape index (κ2) is 6.20. The molecule has 1 fully saturated rings. The predicted molar refractivity (Wildman–Crippen MR) is 77.1 cm³/mol. The summed E-state index contributed by atoms with van der Waals surface area (Å²) in [5, 5.41) is 13.2. The Morgan fingerprint density at radius 3 is 2.21 bits per heavy atom. The molecule has 0 radical (unpaired) electrons. The molecule has 1 aliphatic rings. The minimum Gasteiger partial charge on any atom is -0.389 e. The Bertz CT molecular complexity index is 304. The first-order chi connectivity index (χ1) is 8.68. The zero-order chi connectivity index (χ0) is 14.7. The van der Waals surface area contributed by atoms with Gasteiger partial charge in [-0.25, -0.2) is 0 Å². The van der Waals surface area contributed by atoms with Gasteiger partial charge in [0, 0.05) is 39.3 Å². The molecule has 0 aliphatic carbocycles. The maximum absolute atomic E-state index is 12.7. The van der Waals surface area contributed by atoms with Gasteiger partial charge in [-0.15, -0.1) is 0 Å². The smallest absolute Gasteiger partial charge is 0.242 e. The van der Waals surface area contributed by atoms with Gasteiger partial charge in [-0.2, -0.15) is 0 Å². The summed E-state index contributed by atoms with van der Waals surface area (Å²) in [6.45, 7) is 14.0. The number of hydrogen-bond acceptors (Lipinski definition) is 4. The summed E-state index contributed by atoms with van der Waals surface area (Å²) < 4.78 is 0. The van der Waals surface area contributed by atoms with Crippen LogP contribution in [-0.4, -0.2) is 71.2 Å². The summed E-state index contributed by atoms with van der Waals surface area (Å²) in [5.74, 6) is 0.0963. The summed E-state index contributed by atoms with van der Waals surface area (Å²) in [6, 6.07) is 0. The van der Waals surface area contributed by atoms with Gasteiger partial charge in [0.25, 0.3) is 0 Å². The first-order valence-electron chi connectivity index (χ1n) is 7.16. The molecule has 19 heavy (non-hydrogen) atoms. The highest BCUT2D eigenvalue weighted by atomic mass is 16.3. The zero-order valence-electron chi connectivity index (χ0n) is 13.0. The molecule has 0 aromatic rings. The predicted octanol–water partition coefficient (Wildman–Crippen LogP) is 0.290. The average Bonchev–Trinajstić information content (AvgIpc) is 2.35. The lowest BCUT2D eigenvalue weighted by atomic mass is 9.98. The molecule has 5 heteroatoms. The van der Waals surface area contributed by atoms with Crippen LogP contribution in [0.5, 0.6) is 0 Å². The van der Waals surface area contributed by atoms with Gasteiger partial charge in [-0.3, -0.25) is 9.69 Å². The van der Waals surface area contributed by atoms with Crippen LogP contribution in [0.15, 0.2) is 0 Å². The van der Waals surface area contributed by atoms with Crippen LogP contribution in [0.2, 0.25) is 0 Å². The molecule has 0 spiro atoms. The van der Waals surface area contributed by atoms with Crippen molar-refractivity contribution in [1.82, 2.24) is 15.1 Å². The van der Waals surface area contributed by atoms with Crippen LogP contribution >= 0.6 is 0 Å². The molecule has 0 aromatic heterocycles. The topological polar surface area (TPSA) is 55.8 Å². The normalized spacial score (nSPS) is 18.4. The third-order valence-corrected chi connectivity index (χ3v) is 3.68. The van der Waals surface area contributed by atoms with E-state index in [1.54, 1.807) is 18.7 Å². The van der Waals surface area contributed by atoms with E-state index in [-0.39, 0.29) is 5.91 Å². The van der Waals surface area contributed by atoms with Crippen LogP contribution in [0.1, 0.15) is 34.6 Å². The zero-order valence-corrected chi connectivity index (χ0v) is 13.0. The van der Waals surface area contributed by atoms with Crippen molar-refractivity contribution in [2.75, 3.05) is 39.3 Å². The molecule has 5 nitrogen and oxygen atoms in total. The molecule has 0 unspecified atom stereocenters. The van der Waals surface area contributed by atoms with E-state index < -0.39 is 11.1 Å². The maximum atomic E-state index is 12.7. The van der Waals surface area contributed by atoms with Crippen molar-refractivity contribution in [2.45, 2.75) is 45.8 Å². The van der Waals surface area contributed by atoms with E-state index in [0.717, 1.165) is 26.2 Å². The highest BCUT2D eigenvalue weighted by Crippen LogP contribution is 2.19. The Balaban J connectivity index is 2.76. The number of nitrogens with zero attached hydrogens (tertiary/aromatic N) is 2. The SMILES string of the molecule is CCN(CC(C)(C)O)C(=O)C(C)(C)N1CCNCC1. The monoisotopic (exact) mass is 271 g/mol. The molecule has 0 saturated carbocycles. The van der Waals surface area contributed by atoms with Crippen molar-refractivity contribution in [2.24, 2.45) is 0 Å². The quantitative estimate of drug-likeness (QED) is 0.755. The lowest BCUT2D eigenvalue weighted by Gasteiger charge is -2.43. The van der Waals surface area contributed by atoms with E-state index in [1.165, 1.54) is 0 Å². The number of carbonyl (C=O) groups is 1. The Morgan fingerprint density at radius 2 is 1.79 bits per heavy atom. The summed E-state index contributed by atoms with van der Waals surface area (Å²) >= 11 is 0. The first-order valence-corrected chi connectivity index (χ1v) is 7.16. The van der Waals surface area contributed by atoms with Crippen molar-refractivity contribution in [3.05, 3.63) is 0 Å². The van der Waals surface area contributed by atoms with Crippen molar-refractivity contribution >= 4 is 5.91 Å². The standard InChI is InChI=1S/C14H29N3O2/c1-6-16(11-13(2,3)19)12(18)14(4,5)17-9-7-15-8-10-17/h15,19H,6-11H2,1-5H3. The molecule has 112 valence electrons. The Labute approximate surface area is 117 Å². The average molecular weight is 271 g/mol. The summed E-state index contributed by atoms with van der Waals surface area (Å²) in [5.41, 5.74) is -1.37. The van der Waals surface area contributed by atoms with Gasteiger partial charge in [0.2, 0.25) is 5.91 Å². The van der Waals surface area contributed by atoms with E-state index in [4.69, 9.17) is 0 Å². The van der Waals surface area contributed by atoms with Gasteiger partial charge in [0.1, 0.15) is 0 Å². The number of piperazine rings is 1. The third kappa shape index (κ3) is 4.44. The number of amides is 1. The van der Waals surface area contributed by atoms with E-state index in [1.807, 2.05) is 20.8 Å². The van der Waals surface area contributed by atoms with E-state index in [0.29, 0.717) is 13.1 Å². The van der Waals surface area contributed by atoms with E-state index in [2.05, 4.69) is 10.2 Å². The molecule has 1 rings (SSSR count). The van der Waals surface area contributed by atoms with Crippen molar-refractivity contribution < 1.29 is 9.90 Å². The number of nitrogens with one attached hydrogen (secondary N) is 1. The van der Waals surface area contributed by atoms with Gasteiger partial charge in [0.05, 0.1) is 11.1 Å². The fourth-order valence-corrected chi connectivity index (χ4v) is 2.54. The lowest BCUT2D eigenvalue weighted by molar-refractivity contribution is -0.145. The fraction of sp³-hybridized carbons (Fsp3) is 0.929. The van der Waals surface area contributed by atoms with Crippen molar-refractivity contribution in [3.8, 4) is 0 Å². The fourth-order valence-electron chi connectivity index (χ4n) is 2.54. The van der Waals surface area contributed by atoms with Gasteiger partial charge in [0.15, 0.2) is 0 Å². The Hall–Kier alpha value is -0.650. The number of aliphatic hydroxyl groups is 1. The third-order valence-electron chi connectivity index (χ3n) is 3.68. The minimum absolute atomic E-state index is 0.0963. The molecule has 1 amide bonds. The molecule has 2 N–H and O–H groups in total. The van der Waals surface area contributed by atoms with Crippen molar-refractivity contribution in [3.63, 3.8) is 0 Å². The Morgan fingerprint density at radius 1 is 1.26 bits per heavy atom. The molecule has 0 atom stereocenters. The van der Waals surface area contributed by atoms with Crippen LogP contribution < -0.4 is 5.32 Å². The van der Waals surface area contributed by atoms with Crippen LogP contribution in [0, 0.1) is 0 Å². The molecule has 1 aliphatic heterocycles. The van der Waals surface area contributed by atoms with Gasteiger partial charge >= 0.3 is 0 Å². The molecule has 1 saturated heterocycles. The molecule has 0 aromatic carbocycles. The minimum atomic E-state index is -0.856. The summed E-state index contributed by atoms with van der Waals surface area (Å²) in [4.78, 5) is 16.7.